The molecule has 0 spiro atoms. The first-order valence-electron chi connectivity index (χ1n) is 8.23. The van der Waals surface area contributed by atoms with E-state index < -0.39 is 5.91 Å². The fraction of sp³-hybridized carbons (Fsp3) is 0.353. The van der Waals surface area contributed by atoms with Crippen LogP contribution in [0.5, 0.6) is 0 Å². The van der Waals surface area contributed by atoms with E-state index in [-0.39, 0.29) is 23.8 Å². The molecule has 1 fully saturated rings. The van der Waals surface area contributed by atoms with E-state index in [1.165, 1.54) is 23.5 Å². The Labute approximate surface area is 154 Å². The lowest BCUT2D eigenvalue weighted by Crippen LogP contribution is -2.42. The highest BCUT2D eigenvalue weighted by atomic mass is 32.1. The van der Waals surface area contributed by atoms with Gasteiger partial charge in [-0.3, -0.25) is 20.4 Å². The van der Waals surface area contributed by atoms with E-state index in [0.29, 0.717) is 19.6 Å². The van der Waals surface area contributed by atoms with Crippen molar-refractivity contribution in [3.63, 3.8) is 0 Å². The van der Waals surface area contributed by atoms with Crippen molar-refractivity contribution in [2.75, 3.05) is 31.2 Å². The van der Waals surface area contributed by atoms with Gasteiger partial charge in [0, 0.05) is 24.9 Å². The van der Waals surface area contributed by atoms with Gasteiger partial charge in [0.1, 0.15) is 11.5 Å². The third-order valence-corrected chi connectivity index (χ3v) is 4.75. The zero-order valence-corrected chi connectivity index (χ0v) is 14.9. The molecule has 138 valence electrons. The van der Waals surface area contributed by atoms with Gasteiger partial charge in [-0.15, -0.1) is 11.3 Å². The van der Waals surface area contributed by atoms with Crippen molar-refractivity contribution >= 4 is 28.3 Å². The van der Waals surface area contributed by atoms with Crippen molar-refractivity contribution in [2.45, 2.75) is 12.8 Å². The summed E-state index contributed by atoms with van der Waals surface area (Å²) in [6, 6.07) is 6.08. The number of halogens is 1. The lowest BCUT2D eigenvalue weighted by Gasteiger charge is -2.25. The molecular weight excluding hydrogens is 359 g/mol. The summed E-state index contributed by atoms with van der Waals surface area (Å²) >= 11 is 1.38. The normalized spacial score (nSPS) is 14.1. The molecule has 1 aliphatic heterocycles. The van der Waals surface area contributed by atoms with Crippen molar-refractivity contribution < 1.29 is 18.7 Å². The van der Waals surface area contributed by atoms with Crippen molar-refractivity contribution in [3.05, 3.63) is 46.7 Å². The van der Waals surface area contributed by atoms with Crippen LogP contribution in [0.1, 0.15) is 22.5 Å². The highest BCUT2D eigenvalue weighted by Crippen LogP contribution is 2.21. The van der Waals surface area contributed by atoms with Crippen LogP contribution in [0, 0.1) is 5.82 Å². The first-order valence-corrected chi connectivity index (χ1v) is 9.11. The van der Waals surface area contributed by atoms with Crippen LogP contribution in [-0.4, -0.2) is 43.1 Å². The number of benzene rings is 1. The average molecular weight is 378 g/mol. The SMILES string of the molecule is O=C(CCc1cccc(F)c1)NNC(=O)c1csc(N2CCOCC2)n1. The van der Waals surface area contributed by atoms with Crippen LogP contribution in [0.25, 0.3) is 0 Å². The Morgan fingerprint density at radius 1 is 1.27 bits per heavy atom. The number of aryl methyl sites for hydroxylation is 1. The summed E-state index contributed by atoms with van der Waals surface area (Å²) in [4.78, 5) is 30.3. The van der Waals surface area contributed by atoms with Gasteiger partial charge in [-0.1, -0.05) is 12.1 Å². The Morgan fingerprint density at radius 2 is 2.08 bits per heavy atom. The van der Waals surface area contributed by atoms with E-state index >= 15 is 0 Å². The number of morpholine rings is 1. The fourth-order valence-corrected chi connectivity index (χ4v) is 3.33. The number of nitrogens with zero attached hydrogens (tertiary/aromatic N) is 2. The van der Waals surface area contributed by atoms with Crippen LogP contribution in [0.2, 0.25) is 0 Å². The Bertz CT molecular complexity index is 777. The minimum atomic E-state index is -0.472. The molecule has 0 bridgehead atoms. The molecule has 0 saturated carbocycles. The average Bonchev–Trinajstić information content (AvgIpc) is 3.15. The maximum atomic E-state index is 13.1. The molecule has 3 rings (SSSR count). The number of hydrazine groups is 1. The lowest BCUT2D eigenvalue weighted by atomic mass is 10.1. The molecule has 0 radical (unpaired) electrons. The van der Waals surface area contributed by atoms with Crippen molar-refractivity contribution in [1.29, 1.82) is 0 Å². The summed E-state index contributed by atoms with van der Waals surface area (Å²) in [6.07, 6.45) is 0.525. The second-order valence-corrected chi connectivity index (χ2v) is 6.58. The number of amides is 2. The molecule has 2 N–H and O–H groups in total. The highest BCUT2D eigenvalue weighted by molar-refractivity contribution is 7.13. The standard InChI is InChI=1S/C17H19FN4O3S/c18-13-3-1-2-12(10-13)4-5-15(23)20-21-16(24)14-11-26-17(19-14)22-6-8-25-9-7-22/h1-3,10-11H,4-9H2,(H,20,23)(H,21,24). The second-order valence-electron chi connectivity index (χ2n) is 5.75. The van der Waals surface area contributed by atoms with Crippen molar-refractivity contribution in [1.82, 2.24) is 15.8 Å². The quantitative estimate of drug-likeness (QED) is 0.771. The predicted molar refractivity (Wildman–Crippen MR) is 95.5 cm³/mol. The van der Waals surface area contributed by atoms with Crippen molar-refractivity contribution in [3.8, 4) is 0 Å². The molecule has 0 atom stereocenters. The number of rotatable bonds is 5. The molecule has 2 aromatic rings. The maximum Gasteiger partial charge on any atom is 0.289 e. The molecule has 0 unspecified atom stereocenters. The topological polar surface area (TPSA) is 83.6 Å². The number of anilines is 1. The Morgan fingerprint density at radius 3 is 2.85 bits per heavy atom. The van der Waals surface area contributed by atoms with E-state index in [2.05, 4.69) is 20.7 Å². The fourth-order valence-electron chi connectivity index (χ4n) is 2.47. The monoisotopic (exact) mass is 378 g/mol. The number of carbonyl (C=O) groups excluding carboxylic acids is 2. The van der Waals surface area contributed by atoms with Gasteiger partial charge in [-0.2, -0.15) is 0 Å². The zero-order valence-electron chi connectivity index (χ0n) is 14.0. The molecule has 26 heavy (non-hydrogen) atoms. The molecule has 1 aromatic heterocycles. The zero-order chi connectivity index (χ0) is 18.4. The molecule has 7 nitrogen and oxygen atoms in total. The molecule has 2 amide bonds. The minimum absolute atomic E-state index is 0.139. The van der Waals surface area contributed by atoms with E-state index in [1.807, 2.05) is 0 Å². The number of aromatic nitrogens is 1. The number of hydrogen-bond acceptors (Lipinski definition) is 6. The van der Waals surface area contributed by atoms with E-state index in [1.54, 1.807) is 17.5 Å². The summed E-state index contributed by atoms with van der Waals surface area (Å²) in [7, 11) is 0. The van der Waals surface area contributed by atoms with Gasteiger partial charge in [-0.05, 0) is 24.1 Å². The molecule has 0 aliphatic carbocycles. The van der Waals surface area contributed by atoms with Gasteiger partial charge in [0.25, 0.3) is 5.91 Å². The smallest absolute Gasteiger partial charge is 0.289 e. The number of nitrogens with one attached hydrogen (secondary N) is 2. The van der Waals surface area contributed by atoms with Crippen LogP contribution in [-0.2, 0) is 16.0 Å². The van der Waals surface area contributed by atoms with Crippen LogP contribution >= 0.6 is 11.3 Å². The second kappa shape index (κ2) is 8.72. The van der Waals surface area contributed by atoms with Gasteiger partial charge < -0.3 is 9.64 Å². The van der Waals surface area contributed by atoms with Crippen LogP contribution in [0.4, 0.5) is 9.52 Å². The lowest BCUT2D eigenvalue weighted by molar-refractivity contribution is -0.121. The van der Waals surface area contributed by atoms with Gasteiger partial charge in [0.2, 0.25) is 5.91 Å². The predicted octanol–water partition coefficient (Wildman–Crippen LogP) is 1.51. The summed E-state index contributed by atoms with van der Waals surface area (Å²) in [6.45, 7) is 2.77. The van der Waals surface area contributed by atoms with Crippen LogP contribution < -0.4 is 15.8 Å². The Balaban J connectivity index is 1.44. The van der Waals surface area contributed by atoms with E-state index in [4.69, 9.17) is 4.74 Å². The number of hydrogen-bond donors (Lipinski definition) is 2. The minimum Gasteiger partial charge on any atom is -0.378 e. The van der Waals surface area contributed by atoms with Crippen LogP contribution in [0.3, 0.4) is 0 Å². The summed E-state index contributed by atoms with van der Waals surface area (Å²) in [5, 5.41) is 2.41. The Kier molecular flexibility index (Phi) is 6.13. The van der Waals surface area contributed by atoms with E-state index in [9.17, 15) is 14.0 Å². The molecule has 1 aromatic carbocycles. The molecule has 1 saturated heterocycles. The maximum absolute atomic E-state index is 13.1. The first kappa shape index (κ1) is 18.3. The van der Waals surface area contributed by atoms with Gasteiger partial charge in [0.05, 0.1) is 13.2 Å². The first-order chi connectivity index (χ1) is 12.6. The number of ether oxygens (including phenoxy) is 1. The van der Waals surface area contributed by atoms with Gasteiger partial charge in [-0.25, -0.2) is 9.37 Å². The largest absolute Gasteiger partial charge is 0.378 e. The Hall–Kier alpha value is -2.52. The molecular formula is C17H19FN4O3S. The summed E-state index contributed by atoms with van der Waals surface area (Å²) in [5.41, 5.74) is 5.68. The number of thiazole rings is 1. The van der Waals surface area contributed by atoms with Crippen molar-refractivity contribution in [2.24, 2.45) is 0 Å². The van der Waals surface area contributed by atoms with E-state index in [0.717, 1.165) is 23.8 Å². The number of carbonyl (C=O) groups is 2. The van der Waals surface area contributed by atoms with Gasteiger partial charge in [0.15, 0.2) is 5.13 Å². The molecule has 9 heteroatoms. The van der Waals surface area contributed by atoms with Crippen LogP contribution in [0.15, 0.2) is 29.6 Å². The van der Waals surface area contributed by atoms with Gasteiger partial charge >= 0.3 is 0 Å². The summed E-state index contributed by atoms with van der Waals surface area (Å²) < 4.78 is 18.4. The molecule has 1 aliphatic rings. The highest BCUT2D eigenvalue weighted by Gasteiger charge is 2.17. The third-order valence-electron chi connectivity index (χ3n) is 3.85. The third kappa shape index (κ3) is 4.99. The molecule has 2 heterocycles. The summed E-state index contributed by atoms with van der Waals surface area (Å²) in [5.74, 6) is -1.16.